The lowest BCUT2D eigenvalue weighted by Gasteiger charge is -2.10. The van der Waals surface area contributed by atoms with E-state index in [4.69, 9.17) is 0 Å². The van der Waals surface area contributed by atoms with E-state index >= 15 is 0 Å². The lowest BCUT2D eigenvalue weighted by molar-refractivity contribution is 0.714. The van der Waals surface area contributed by atoms with E-state index in [1.54, 1.807) is 0 Å². The maximum atomic E-state index is 4.12. The first-order chi connectivity index (χ1) is 7.99. The van der Waals surface area contributed by atoms with Crippen molar-refractivity contribution in [3.63, 3.8) is 0 Å². The first-order valence-electron chi connectivity index (χ1n) is 6.60. The van der Waals surface area contributed by atoms with Gasteiger partial charge >= 0.3 is 0 Å². The topological polar surface area (TPSA) is 0 Å². The Labute approximate surface area is 107 Å². The third-order valence-corrected chi connectivity index (χ3v) is 3.06. The lowest BCUT2D eigenvalue weighted by atomic mass is 9.61. The molecule has 0 spiro atoms. The smallest absolute Gasteiger partial charge is 0.0996 e. The Morgan fingerprint density at radius 1 is 1.12 bits per heavy atom. The van der Waals surface area contributed by atoms with Crippen LogP contribution in [0.4, 0.5) is 0 Å². The molecule has 0 N–H and O–H groups in total. The van der Waals surface area contributed by atoms with Crippen molar-refractivity contribution in [3.05, 3.63) is 42.0 Å². The number of rotatable bonds is 6. The minimum absolute atomic E-state index is 0.601. The Kier molecular flexibility index (Phi) is 5.54. The van der Waals surface area contributed by atoms with Crippen molar-refractivity contribution in [2.24, 2.45) is 5.92 Å². The van der Waals surface area contributed by atoms with Crippen LogP contribution in [-0.4, -0.2) is 7.28 Å². The molecule has 0 aliphatic rings. The zero-order valence-corrected chi connectivity index (χ0v) is 11.7. The molecule has 0 aliphatic heterocycles. The maximum absolute atomic E-state index is 4.12. The molecule has 0 aliphatic carbocycles. The molecule has 1 heteroatoms. The summed E-state index contributed by atoms with van der Waals surface area (Å²) in [5.41, 5.74) is 4.09. The molecule has 0 amide bonds. The monoisotopic (exact) mass is 227 g/mol. The Morgan fingerprint density at radius 3 is 2.18 bits per heavy atom. The van der Waals surface area contributed by atoms with Gasteiger partial charge in [-0.05, 0) is 24.3 Å². The summed E-state index contributed by atoms with van der Waals surface area (Å²) in [7, 11) is 2.29. The van der Waals surface area contributed by atoms with E-state index in [1.807, 2.05) is 0 Å². The highest BCUT2D eigenvalue weighted by atomic mass is 14.1. The summed E-state index contributed by atoms with van der Waals surface area (Å²) in [5.74, 6) is 1.21. The maximum Gasteiger partial charge on any atom is 0.154 e. The van der Waals surface area contributed by atoms with Crippen LogP contribution in [0, 0.1) is 5.92 Å². The number of hydrogen-bond acceptors (Lipinski definition) is 0. The fraction of sp³-hybridized carbons (Fsp3) is 0.500. The summed E-state index contributed by atoms with van der Waals surface area (Å²) >= 11 is 0. The number of allylic oxidation sites excluding steroid dienone is 1. The lowest BCUT2D eigenvalue weighted by Crippen LogP contribution is -2.16. The summed E-state index contributed by atoms with van der Waals surface area (Å²) in [6.07, 6.45) is 2.21. The highest BCUT2D eigenvalue weighted by Gasteiger charge is 2.03. The second-order valence-electron chi connectivity index (χ2n) is 5.47. The summed E-state index contributed by atoms with van der Waals surface area (Å²) in [4.78, 5) is 0. The molecular formula is C16H24B. The molecule has 17 heavy (non-hydrogen) atoms. The molecule has 0 unspecified atom stereocenters. The van der Waals surface area contributed by atoms with Crippen molar-refractivity contribution in [1.82, 2.24) is 0 Å². The van der Waals surface area contributed by atoms with Crippen LogP contribution >= 0.6 is 0 Å². The van der Waals surface area contributed by atoms with Gasteiger partial charge in [0.25, 0.3) is 0 Å². The first kappa shape index (κ1) is 14.1. The summed E-state index contributed by atoms with van der Waals surface area (Å²) < 4.78 is 0. The van der Waals surface area contributed by atoms with E-state index in [2.05, 4.69) is 65.8 Å². The highest BCUT2D eigenvalue weighted by molar-refractivity contribution is 6.54. The Balaban J connectivity index is 2.48. The van der Waals surface area contributed by atoms with Crippen molar-refractivity contribution in [3.8, 4) is 0 Å². The van der Waals surface area contributed by atoms with Crippen molar-refractivity contribution < 1.29 is 0 Å². The number of aryl methyl sites for hydroxylation is 1. The van der Waals surface area contributed by atoms with Gasteiger partial charge in [0, 0.05) is 0 Å². The quantitative estimate of drug-likeness (QED) is 0.509. The van der Waals surface area contributed by atoms with Crippen molar-refractivity contribution in [2.75, 3.05) is 0 Å². The van der Waals surface area contributed by atoms with Crippen molar-refractivity contribution >= 4 is 12.7 Å². The molecule has 91 valence electrons. The molecule has 0 fully saturated rings. The van der Waals surface area contributed by atoms with Gasteiger partial charge < -0.3 is 0 Å². The molecule has 1 rings (SSSR count). The zero-order valence-electron chi connectivity index (χ0n) is 11.7. The molecule has 0 heterocycles. The molecule has 0 atom stereocenters. The average Bonchev–Trinajstić information content (AvgIpc) is 2.26. The Bertz CT molecular complexity index is 346. The van der Waals surface area contributed by atoms with Gasteiger partial charge in [0.15, 0.2) is 7.28 Å². The van der Waals surface area contributed by atoms with Crippen molar-refractivity contribution in [1.29, 1.82) is 0 Å². The minimum atomic E-state index is 0.601. The molecule has 0 nitrogen and oxygen atoms in total. The van der Waals surface area contributed by atoms with Crippen LogP contribution in [0.5, 0.6) is 0 Å². The molecule has 1 aromatic carbocycles. The Hall–Kier alpha value is -0.975. The van der Waals surface area contributed by atoms with Gasteiger partial charge in [-0.25, -0.2) is 0 Å². The Morgan fingerprint density at radius 2 is 1.71 bits per heavy atom. The van der Waals surface area contributed by atoms with Gasteiger partial charge in [0.2, 0.25) is 0 Å². The fourth-order valence-electron chi connectivity index (χ4n) is 1.77. The summed E-state index contributed by atoms with van der Waals surface area (Å²) in [5, 5.41) is 0. The SMILES string of the molecule is C=C(CCc1ccc([B]C(C)C)cc1)C(C)C. The standard InChI is InChI=1S/C16H24B/c1-12(2)14(5)6-7-15-8-10-16(11-9-15)17-13(3)4/h8-13H,5-7H2,1-4H3. The van der Waals surface area contributed by atoms with Crippen LogP contribution < -0.4 is 5.46 Å². The molecule has 0 bridgehead atoms. The normalized spacial score (nSPS) is 10.9. The third kappa shape index (κ3) is 5.25. The van der Waals surface area contributed by atoms with Gasteiger partial charge in [0.1, 0.15) is 0 Å². The predicted octanol–water partition coefficient (Wildman–Crippen LogP) is 3.99. The van der Waals surface area contributed by atoms with E-state index in [0.717, 1.165) is 12.8 Å². The molecular weight excluding hydrogens is 203 g/mol. The first-order valence-corrected chi connectivity index (χ1v) is 6.60. The molecule has 0 saturated heterocycles. The third-order valence-electron chi connectivity index (χ3n) is 3.06. The molecule has 1 radical (unpaired) electrons. The van der Waals surface area contributed by atoms with Gasteiger partial charge in [-0.3, -0.25) is 0 Å². The van der Waals surface area contributed by atoms with Crippen LogP contribution in [0.15, 0.2) is 36.4 Å². The fourth-order valence-corrected chi connectivity index (χ4v) is 1.77. The van der Waals surface area contributed by atoms with E-state index in [-0.39, 0.29) is 0 Å². The van der Waals surface area contributed by atoms with Crippen LogP contribution in [0.25, 0.3) is 0 Å². The van der Waals surface area contributed by atoms with E-state index in [0.29, 0.717) is 11.7 Å². The van der Waals surface area contributed by atoms with Crippen LogP contribution in [0.2, 0.25) is 5.82 Å². The average molecular weight is 227 g/mol. The van der Waals surface area contributed by atoms with Crippen LogP contribution in [0.3, 0.4) is 0 Å². The molecule has 0 aromatic heterocycles. The van der Waals surface area contributed by atoms with Gasteiger partial charge in [0.05, 0.1) is 0 Å². The van der Waals surface area contributed by atoms with E-state index in [1.165, 1.54) is 16.6 Å². The van der Waals surface area contributed by atoms with E-state index < -0.39 is 0 Å². The highest BCUT2D eigenvalue weighted by Crippen LogP contribution is 2.14. The number of hydrogen-bond donors (Lipinski definition) is 0. The minimum Gasteiger partial charge on any atom is -0.0996 e. The molecule has 1 aromatic rings. The molecule has 0 saturated carbocycles. The van der Waals surface area contributed by atoms with Gasteiger partial charge in [-0.15, -0.1) is 0 Å². The van der Waals surface area contributed by atoms with Crippen LogP contribution in [0.1, 0.15) is 39.7 Å². The van der Waals surface area contributed by atoms with Crippen molar-refractivity contribution in [2.45, 2.75) is 46.4 Å². The van der Waals surface area contributed by atoms with Gasteiger partial charge in [-0.1, -0.05) is 75.4 Å². The predicted molar refractivity (Wildman–Crippen MR) is 79.2 cm³/mol. The second kappa shape index (κ2) is 6.69. The number of benzene rings is 1. The zero-order chi connectivity index (χ0) is 12.8. The van der Waals surface area contributed by atoms with Crippen LogP contribution in [-0.2, 0) is 6.42 Å². The summed E-state index contributed by atoms with van der Waals surface area (Å²) in [6.45, 7) is 13.0. The summed E-state index contributed by atoms with van der Waals surface area (Å²) in [6, 6.07) is 8.91. The second-order valence-corrected chi connectivity index (χ2v) is 5.47. The van der Waals surface area contributed by atoms with Gasteiger partial charge in [-0.2, -0.15) is 0 Å². The van der Waals surface area contributed by atoms with E-state index in [9.17, 15) is 0 Å². The largest absolute Gasteiger partial charge is 0.154 e.